The molecule has 2 aromatic rings. The lowest BCUT2D eigenvalue weighted by Crippen LogP contribution is -2.24. The number of benzene rings is 2. The Kier molecular flexibility index (Phi) is 6.71. The Balaban J connectivity index is 1.71. The van der Waals surface area contributed by atoms with Crippen LogP contribution in [0, 0.1) is 23.2 Å². The van der Waals surface area contributed by atoms with Gasteiger partial charge >= 0.3 is 6.09 Å². The molecule has 0 saturated heterocycles. The lowest BCUT2D eigenvalue weighted by Gasteiger charge is -2.05. The van der Waals surface area contributed by atoms with Crippen molar-refractivity contribution in [2.75, 3.05) is 6.54 Å². The number of carbonyl (C=O) groups is 1. The van der Waals surface area contributed by atoms with Gasteiger partial charge in [-0.25, -0.2) is 4.79 Å². The molecule has 0 bridgehead atoms. The van der Waals surface area contributed by atoms with Gasteiger partial charge in [0.25, 0.3) is 0 Å². The molecule has 0 aliphatic heterocycles. The Morgan fingerprint density at radius 2 is 2.00 bits per heavy atom. The van der Waals surface area contributed by atoms with Crippen LogP contribution >= 0.6 is 11.6 Å². The first-order chi connectivity index (χ1) is 11.7. The molecule has 120 valence electrons. The van der Waals surface area contributed by atoms with Crippen LogP contribution in [0.15, 0.2) is 48.5 Å². The highest BCUT2D eigenvalue weighted by molar-refractivity contribution is 6.31. The Morgan fingerprint density at radius 3 is 2.71 bits per heavy atom. The summed E-state index contributed by atoms with van der Waals surface area (Å²) in [4.78, 5) is 11.5. The highest BCUT2D eigenvalue weighted by atomic mass is 35.5. The smallest absolute Gasteiger partial charge is 0.407 e. The number of carbonyl (C=O) groups excluding carboxylic acids is 1. The third-order valence-corrected chi connectivity index (χ3v) is 3.37. The molecule has 4 nitrogen and oxygen atoms in total. The summed E-state index contributed by atoms with van der Waals surface area (Å²) in [6.45, 7) is 0.619. The van der Waals surface area contributed by atoms with E-state index in [2.05, 4.69) is 17.2 Å². The Labute approximate surface area is 146 Å². The fraction of sp³-hybridized carbons (Fsp3) is 0.158. The monoisotopic (exact) mass is 338 g/mol. The minimum absolute atomic E-state index is 0.235. The van der Waals surface area contributed by atoms with E-state index < -0.39 is 6.09 Å². The van der Waals surface area contributed by atoms with Crippen molar-refractivity contribution in [2.24, 2.45) is 0 Å². The Hall–Kier alpha value is -2.95. The average Bonchev–Trinajstić information content (AvgIpc) is 2.61. The molecule has 0 atom stereocenters. The van der Waals surface area contributed by atoms with Crippen molar-refractivity contribution in [1.29, 1.82) is 5.26 Å². The molecule has 0 unspecified atom stereocenters. The zero-order chi connectivity index (χ0) is 17.2. The number of nitriles is 1. The van der Waals surface area contributed by atoms with Crippen molar-refractivity contribution in [3.8, 4) is 17.9 Å². The third kappa shape index (κ3) is 5.68. The second-order valence-electron chi connectivity index (χ2n) is 4.85. The maximum absolute atomic E-state index is 11.5. The molecule has 0 spiro atoms. The number of ether oxygens (including phenoxy) is 1. The summed E-state index contributed by atoms with van der Waals surface area (Å²) < 4.78 is 5.09. The number of nitrogens with one attached hydrogen (secondary N) is 1. The minimum Gasteiger partial charge on any atom is -0.445 e. The lowest BCUT2D eigenvalue weighted by atomic mass is 10.1. The van der Waals surface area contributed by atoms with E-state index in [-0.39, 0.29) is 6.61 Å². The minimum atomic E-state index is -0.475. The molecule has 2 aromatic carbocycles. The summed E-state index contributed by atoms with van der Waals surface area (Å²) in [6.07, 6.45) is -0.00593. The van der Waals surface area contributed by atoms with Gasteiger partial charge in [-0.05, 0) is 23.8 Å². The summed E-state index contributed by atoms with van der Waals surface area (Å²) in [7, 11) is 0. The highest BCUT2D eigenvalue weighted by Gasteiger charge is 2.01. The molecule has 1 N–H and O–H groups in total. The number of hydrogen-bond acceptors (Lipinski definition) is 3. The number of alkyl carbamates (subject to hydrolysis) is 1. The first-order valence-corrected chi connectivity index (χ1v) is 7.70. The second kappa shape index (κ2) is 9.25. The molecule has 0 heterocycles. The fourth-order valence-electron chi connectivity index (χ4n) is 1.84. The summed E-state index contributed by atoms with van der Waals surface area (Å²) in [5.41, 5.74) is 2.08. The first-order valence-electron chi connectivity index (χ1n) is 7.32. The van der Waals surface area contributed by atoms with Gasteiger partial charge in [-0.2, -0.15) is 5.26 Å². The van der Waals surface area contributed by atoms with Crippen molar-refractivity contribution in [2.45, 2.75) is 13.0 Å². The molecule has 5 heteroatoms. The van der Waals surface area contributed by atoms with Gasteiger partial charge in [0.2, 0.25) is 0 Å². The number of nitrogens with zero attached hydrogens (tertiary/aromatic N) is 1. The first kappa shape index (κ1) is 17.4. The maximum Gasteiger partial charge on any atom is 0.407 e. The highest BCUT2D eigenvalue weighted by Crippen LogP contribution is 2.16. The number of rotatable bonds is 4. The molecular weight excluding hydrogens is 324 g/mol. The van der Waals surface area contributed by atoms with Gasteiger partial charge < -0.3 is 10.1 Å². The second-order valence-corrected chi connectivity index (χ2v) is 5.25. The maximum atomic E-state index is 11.5. The number of amides is 1. The lowest BCUT2D eigenvalue weighted by molar-refractivity contribution is 0.140. The molecule has 2 rings (SSSR count). The number of halogens is 1. The normalized spacial score (nSPS) is 9.33. The standard InChI is InChI=1S/C19H15ClN2O2/c20-18-12-16(13-21)9-10-17(18)8-4-5-11-22-19(23)24-14-15-6-2-1-3-7-15/h1-3,6-7,9-10,12H,5,11,14H2,(H,22,23). The van der Waals surface area contributed by atoms with E-state index in [1.807, 2.05) is 36.4 Å². The molecule has 24 heavy (non-hydrogen) atoms. The van der Waals surface area contributed by atoms with Crippen LogP contribution < -0.4 is 5.32 Å². The van der Waals surface area contributed by atoms with Crippen LogP contribution in [0.3, 0.4) is 0 Å². The van der Waals surface area contributed by atoms with Gasteiger partial charge in [0.05, 0.1) is 16.7 Å². The zero-order valence-electron chi connectivity index (χ0n) is 12.9. The summed E-state index contributed by atoms with van der Waals surface area (Å²) in [5, 5.41) is 11.8. The Morgan fingerprint density at radius 1 is 1.21 bits per heavy atom. The Bertz CT molecular complexity index is 802. The van der Waals surface area contributed by atoms with Crippen LogP contribution in [0.4, 0.5) is 4.79 Å². The van der Waals surface area contributed by atoms with E-state index in [1.165, 1.54) is 0 Å². The zero-order valence-corrected chi connectivity index (χ0v) is 13.6. The van der Waals surface area contributed by atoms with Crippen molar-refractivity contribution in [3.05, 3.63) is 70.2 Å². The van der Waals surface area contributed by atoms with Crippen molar-refractivity contribution in [1.82, 2.24) is 5.32 Å². The molecule has 0 aromatic heterocycles. The quantitative estimate of drug-likeness (QED) is 0.679. The van der Waals surface area contributed by atoms with Gasteiger partial charge in [-0.15, -0.1) is 0 Å². The topological polar surface area (TPSA) is 62.1 Å². The van der Waals surface area contributed by atoms with Gasteiger partial charge in [-0.1, -0.05) is 53.8 Å². The van der Waals surface area contributed by atoms with Crippen molar-refractivity contribution in [3.63, 3.8) is 0 Å². The summed E-state index contributed by atoms with van der Waals surface area (Å²) in [5.74, 6) is 5.83. The van der Waals surface area contributed by atoms with E-state index in [9.17, 15) is 4.79 Å². The summed E-state index contributed by atoms with van der Waals surface area (Å²) in [6, 6.07) is 16.4. The van der Waals surface area contributed by atoms with E-state index in [0.29, 0.717) is 29.1 Å². The van der Waals surface area contributed by atoms with Crippen LogP contribution in [0.5, 0.6) is 0 Å². The van der Waals surface area contributed by atoms with Crippen LogP contribution in [-0.4, -0.2) is 12.6 Å². The van der Waals surface area contributed by atoms with E-state index in [1.54, 1.807) is 18.2 Å². The molecule has 0 aliphatic rings. The largest absolute Gasteiger partial charge is 0.445 e. The van der Waals surface area contributed by atoms with Crippen LogP contribution in [-0.2, 0) is 11.3 Å². The van der Waals surface area contributed by atoms with Crippen LogP contribution in [0.2, 0.25) is 5.02 Å². The van der Waals surface area contributed by atoms with Gasteiger partial charge in [0.15, 0.2) is 0 Å². The predicted molar refractivity (Wildman–Crippen MR) is 92.3 cm³/mol. The third-order valence-electron chi connectivity index (χ3n) is 3.05. The molecule has 0 saturated carbocycles. The average molecular weight is 339 g/mol. The molecule has 0 fully saturated rings. The van der Waals surface area contributed by atoms with Crippen molar-refractivity contribution < 1.29 is 9.53 Å². The van der Waals surface area contributed by atoms with Gasteiger partial charge in [0, 0.05) is 18.5 Å². The van der Waals surface area contributed by atoms with Crippen LogP contribution in [0.25, 0.3) is 0 Å². The molecule has 1 amide bonds. The van der Waals surface area contributed by atoms with Gasteiger partial charge in [0.1, 0.15) is 6.61 Å². The number of hydrogen-bond donors (Lipinski definition) is 1. The SMILES string of the molecule is N#Cc1ccc(C#CCCNC(=O)OCc2ccccc2)c(Cl)c1. The van der Waals surface area contributed by atoms with Crippen LogP contribution in [0.1, 0.15) is 23.1 Å². The van der Waals surface area contributed by atoms with E-state index in [4.69, 9.17) is 21.6 Å². The van der Waals surface area contributed by atoms with E-state index in [0.717, 1.165) is 5.56 Å². The summed E-state index contributed by atoms with van der Waals surface area (Å²) >= 11 is 6.03. The van der Waals surface area contributed by atoms with E-state index >= 15 is 0 Å². The fourth-order valence-corrected chi connectivity index (χ4v) is 2.07. The molecule has 0 radical (unpaired) electrons. The van der Waals surface area contributed by atoms with Crippen molar-refractivity contribution >= 4 is 17.7 Å². The molecule has 0 aliphatic carbocycles. The molecular formula is C19H15ClN2O2. The predicted octanol–water partition coefficient (Wildman–Crippen LogP) is 3.88. The van der Waals surface area contributed by atoms with Gasteiger partial charge in [-0.3, -0.25) is 0 Å².